The van der Waals surface area contributed by atoms with Crippen LogP contribution in [0.1, 0.15) is 25.7 Å². The van der Waals surface area contributed by atoms with E-state index in [1.807, 2.05) is 0 Å². The molecule has 4 unspecified atom stereocenters. The Kier molecular flexibility index (Phi) is 1.18. The SMILES string of the molecule is IC12CC3CC1CC3(I)C2. The first kappa shape index (κ1) is 6.92. The highest BCUT2D eigenvalue weighted by atomic mass is 127. The quantitative estimate of drug-likeness (QED) is 0.460. The van der Waals surface area contributed by atoms with E-state index in [9.17, 15) is 0 Å². The molecule has 4 saturated carbocycles. The fraction of sp³-hybridized carbons (Fsp3) is 1.00. The molecule has 0 saturated heterocycles. The summed E-state index contributed by atoms with van der Waals surface area (Å²) < 4.78 is 1.53. The molecular formula is C8H10I2. The van der Waals surface area contributed by atoms with Gasteiger partial charge in [0.25, 0.3) is 0 Å². The highest BCUT2D eigenvalue weighted by Gasteiger charge is 2.68. The number of rotatable bonds is 0. The van der Waals surface area contributed by atoms with Gasteiger partial charge in [0.1, 0.15) is 0 Å². The van der Waals surface area contributed by atoms with Gasteiger partial charge in [-0.05, 0) is 37.5 Å². The van der Waals surface area contributed by atoms with E-state index in [0.29, 0.717) is 0 Å². The van der Waals surface area contributed by atoms with Crippen LogP contribution < -0.4 is 0 Å². The van der Waals surface area contributed by atoms with Gasteiger partial charge < -0.3 is 0 Å². The normalized spacial score (nSPS) is 70.2. The monoisotopic (exact) mass is 360 g/mol. The standard InChI is InChI=1S/C8H10I2/c9-7-2-5-1-6(7)3-8(5,10)4-7/h5-6H,1-4H2. The fourth-order valence-electron chi connectivity index (χ4n) is 3.37. The first-order valence-electron chi connectivity index (χ1n) is 4.00. The molecule has 0 aliphatic heterocycles. The molecule has 4 aliphatic carbocycles. The zero-order valence-electron chi connectivity index (χ0n) is 5.74. The van der Waals surface area contributed by atoms with Crippen molar-refractivity contribution in [3.8, 4) is 0 Å². The molecule has 0 aromatic heterocycles. The molecule has 0 aromatic rings. The molecule has 4 atom stereocenters. The zero-order chi connectivity index (χ0) is 6.98. The first-order chi connectivity index (χ1) is 4.62. The first-order valence-corrected chi connectivity index (χ1v) is 6.16. The van der Waals surface area contributed by atoms with Crippen LogP contribution >= 0.6 is 45.2 Å². The topological polar surface area (TPSA) is 0 Å². The molecule has 0 spiro atoms. The summed E-state index contributed by atoms with van der Waals surface area (Å²) in [6.07, 6.45) is 6.17. The molecule has 0 N–H and O–H groups in total. The predicted molar refractivity (Wildman–Crippen MR) is 59.0 cm³/mol. The Morgan fingerprint density at radius 1 is 1.00 bits per heavy atom. The van der Waals surface area contributed by atoms with E-state index in [-0.39, 0.29) is 0 Å². The number of hydrogen-bond donors (Lipinski definition) is 0. The van der Waals surface area contributed by atoms with E-state index in [1.165, 1.54) is 6.42 Å². The van der Waals surface area contributed by atoms with Gasteiger partial charge in [-0.3, -0.25) is 0 Å². The molecule has 0 radical (unpaired) electrons. The molecule has 10 heavy (non-hydrogen) atoms. The van der Waals surface area contributed by atoms with E-state index in [0.717, 1.165) is 18.7 Å². The van der Waals surface area contributed by atoms with Crippen molar-refractivity contribution in [2.24, 2.45) is 11.8 Å². The zero-order valence-corrected chi connectivity index (χ0v) is 10.1. The van der Waals surface area contributed by atoms with Gasteiger partial charge in [0, 0.05) is 6.84 Å². The molecule has 4 rings (SSSR count). The van der Waals surface area contributed by atoms with E-state index >= 15 is 0 Å². The molecule has 2 heteroatoms. The van der Waals surface area contributed by atoms with Crippen molar-refractivity contribution < 1.29 is 0 Å². The fourth-order valence-corrected chi connectivity index (χ4v) is 7.48. The van der Waals surface area contributed by atoms with Gasteiger partial charge in [-0.1, -0.05) is 45.2 Å². The van der Waals surface area contributed by atoms with E-state index in [1.54, 1.807) is 19.3 Å². The Morgan fingerprint density at radius 3 is 1.60 bits per heavy atom. The molecule has 0 heterocycles. The molecule has 4 aliphatic rings. The van der Waals surface area contributed by atoms with E-state index in [4.69, 9.17) is 0 Å². The summed E-state index contributed by atoms with van der Waals surface area (Å²) in [6, 6.07) is 0. The van der Waals surface area contributed by atoms with E-state index in [2.05, 4.69) is 45.2 Å². The molecule has 4 bridgehead atoms. The lowest BCUT2D eigenvalue weighted by molar-refractivity contribution is 0.524. The summed E-state index contributed by atoms with van der Waals surface area (Å²) >= 11 is 5.49. The van der Waals surface area contributed by atoms with Crippen molar-refractivity contribution in [3.05, 3.63) is 0 Å². The Morgan fingerprint density at radius 2 is 1.50 bits per heavy atom. The lowest BCUT2D eigenvalue weighted by atomic mass is 10.0. The van der Waals surface area contributed by atoms with Crippen molar-refractivity contribution in [2.75, 3.05) is 0 Å². The summed E-state index contributed by atoms with van der Waals surface area (Å²) in [4.78, 5) is 0. The van der Waals surface area contributed by atoms with Gasteiger partial charge >= 0.3 is 0 Å². The molecule has 0 nitrogen and oxygen atoms in total. The highest BCUT2D eigenvalue weighted by molar-refractivity contribution is 14.1. The predicted octanol–water partition coefficient (Wildman–Crippen LogP) is 3.17. The van der Waals surface area contributed by atoms with Crippen LogP contribution in [0.2, 0.25) is 0 Å². The second kappa shape index (κ2) is 1.70. The van der Waals surface area contributed by atoms with Gasteiger partial charge in [0.15, 0.2) is 0 Å². The van der Waals surface area contributed by atoms with Crippen LogP contribution in [0.25, 0.3) is 0 Å². The Balaban J connectivity index is 2.15. The van der Waals surface area contributed by atoms with Gasteiger partial charge in [-0.2, -0.15) is 0 Å². The molecular weight excluding hydrogens is 350 g/mol. The van der Waals surface area contributed by atoms with Crippen LogP contribution in [0.15, 0.2) is 0 Å². The number of halogens is 2. The highest BCUT2D eigenvalue weighted by Crippen LogP contribution is 2.73. The van der Waals surface area contributed by atoms with Crippen molar-refractivity contribution >= 4 is 45.2 Å². The third-order valence-electron chi connectivity index (χ3n) is 3.79. The third kappa shape index (κ3) is 0.605. The van der Waals surface area contributed by atoms with Gasteiger partial charge in [-0.15, -0.1) is 0 Å². The van der Waals surface area contributed by atoms with Crippen LogP contribution in [0.5, 0.6) is 0 Å². The molecule has 56 valence electrons. The Labute approximate surface area is 88.8 Å². The van der Waals surface area contributed by atoms with Crippen LogP contribution in [0.3, 0.4) is 0 Å². The third-order valence-corrected chi connectivity index (χ3v) is 7.20. The molecule has 4 fully saturated rings. The minimum absolute atomic E-state index is 0.767. The van der Waals surface area contributed by atoms with Crippen LogP contribution in [-0.2, 0) is 0 Å². The van der Waals surface area contributed by atoms with Crippen LogP contribution in [0.4, 0.5) is 0 Å². The number of alkyl halides is 2. The van der Waals surface area contributed by atoms with Crippen LogP contribution in [0, 0.1) is 11.8 Å². The summed E-state index contributed by atoms with van der Waals surface area (Å²) in [6.45, 7) is 0. The summed E-state index contributed by atoms with van der Waals surface area (Å²) in [5, 5.41) is 0. The van der Waals surface area contributed by atoms with Gasteiger partial charge in [0.2, 0.25) is 0 Å². The summed E-state index contributed by atoms with van der Waals surface area (Å²) in [5.74, 6) is 2.21. The lowest BCUT2D eigenvalue weighted by Crippen LogP contribution is -2.18. The van der Waals surface area contributed by atoms with Crippen molar-refractivity contribution in [1.82, 2.24) is 0 Å². The second-order valence-electron chi connectivity index (χ2n) is 4.28. The molecule has 0 amide bonds. The number of hydrogen-bond acceptors (Lipinski definition) is 0. The summed E-state index contributed by atoms with van der Waals surface area (Å²) in [5.41, 5.74) is 0. The smallest absolute Gasteiger partial charge is 0.0267 e. The maximum atomic E-state index is 2.74. The van der Waals surface area contributed by atoms with Gasteiger partial charge in [-0.25, -0.2) is 0 Å². The van der Waals surface area contributed by atoms with Crippen molar-refractivity contribution in [1.29, 1.82) is 0 Å². The van der Waals surface area contributed by atoms with Crippen molar-refractivity contribution in [2.45, 2.75) is 32.5 Å². The van der Waals surface area contributed by atoms with Gasteiger partial charge in [0.05, 0.1) is 0 Å². The maximum absolute atomic E-state index is 2.74. The minimum Gasteiger partial charge on any atom is -0.0785 e. The average Bonchev–Trinajstić information content (AvgIpc) is 2.27. The Hall–Kier alpha value is 1.46. The Bertz CT molecular complexity index is 183. The lowest BCUT2D eigenvalue weighted by Gasteiger charge is -2.20. The average molecular weight is 360 g/mol. The minimum atomic E-state index is 0.767. The largest absolute Gasteiger partial charge is 0.0785 e. The second-order valence-corrected chi connectivity index (χ2v) is 8.58. The molecule has 0 aromatic carbocycles. The van der Waals surface area contributed by atoms with E-state index < -0.39 is 0 Å². The summed E-state index contributed by atoms with van der Waals surface area (Å²) in [7, 11) is 0. The van der Waals surface area contributed by atoms with Crippen LogP contribution in [-0.4, -0.2) is 6.84 Å². The maximum Gasteiger partial charge on any atom is 0.0267 e. The van der Waals surface area contributed by atoms with Crippen molar-refractivity contribution in [3.63, 3.8) is 0 Å².